The molecular formula is C17H24N3OY-. The number of hydrogen-bond acceptors (Lipinski definition) is 3. The molecule has 1 radical (unpaired) electrons. The van der Waals surface area contributed by atoms with Crippen LogP contribution in [0.15, 0.2) is 48.5 Å². The number of phenolic OH excluding ortho intramolecular Hbond substituents is 1. The van der Waals surface area contributed by atoms with Crippen LogP contribution >= 0.6 is 0 Å². The SMILES string of the molecule is CC.CC.Oc1ccccc1-n1nc2ccccc2n1.[CH3-].[Y]. The van der Waals surface area contributed by atoms with E-state index in [1.54, 1.807) is 18.2 Å². The molecule has 0 saturated carbocycles. The van der Waals surface area contributed by atoms with Gasteiger partial charge in [0.05, 0.1) is 0 Å². The Balaban J connectivity index is 0. The van der Waals surface area contributed by atoms with Crippen molar-refractivity contribution in [2.45, 2.75) is 27.7 Å². The van der Waals surface area contributed by atoms with Crippen LogP contribution in [0.1, 0.15) is 27.7 Å². The number of aromatic nitrogens is 3. The van der Waals surface area contributed by atoms with Crippen LogP contribution in [-0.2, 0) is 32.7 Å². The van der Waals surface area contributed by atoms with E-state index in [9.17, 15) is 5.11 Å². The molecule has 5 heteroatoms. The molecule has 0 atom stereocenters. The van der Waals surface area contributed by atoms with Crippen LogP contribution in [0.25, 0.3) is 16.7 Å². The third kappa shape index (κ3) is 5.50. The van der Waals surface area contributed by atoms with Crippen LogP contribution in [0.2, 0.25) is 0 Å². The normalized spacial score (nSPS) is 8.36. The zero-order valence-electron chi connectivity index (χ0n) is 14.0. The fourth-order valence-electron chi connectivity index (χ4n) is 1.60. The summed E-state index contributed by atoms with van der Waals surface area (Å²) in [6.45, 7) is 8.00. The molecule has 0 amide bonds. The van der Waals surface area contributed by atoms with Crippen molar-refractivity contribution in [2.24, 2.45) is 0 Å². The van der Waals surface area contributed by atoms with Crippen molar-refractivity contribution in [2.75, 3.05) is 0 Å². The fourth-order valence-corrected chi connectivity index (χ4v) is 1.60. The Kier molecular flexibility index (Phi) is 12.9. The Labute approximate surface area is 158 Å². The van der Waals surface area contributed by atoms with E-state index in [2.05, 4.69) is 10.2 Å². The van der Waals surface area contributed by atoms with Crippen molar-refractivity contribution >= 4 is 11.0 Å². The van der Waals surface area contributed by atoms with Gasteiger partial charge in [0.25, 0.3) is 0 Å². The maximum Gasteiger partial charge on any atom is 0.143 e. The Hall–Kier alpha value is -1.26. The molecule has 0 saturated heterocycles. The van der Waals surface area contributed by atoms with E-state index >= 15 is 0 Å². The number of benzene rings is 2. The second kappa shape index (κ2) is 12.3. The summed E-state index contributed by atoms with van der Waals surface area (Å²) < 4.78 is 0. The van der Waals surface area contributed by atoms with Gasteiger partial charge in [-0.1, -0.05) is 52.0 Å². The van der Waals surface area contributed by atoms with Crippen molar-refractivity contribution in [3.63, 3.8) is 0 Å². The molecule has 0 aliphatic heterocycles. The van der Waals surface area contributed by atoms with Gasteiger partial charge in [-0.05, 0) is 24.3 Å². The van der Waals surface area contributed by atoms with Gasteiger partial charge in [-0.2, -0.15) is 0 Å². The average Bonchev–Trinajstić information content (AvgIpc) is 2.95. The summed E-state index contributed by atoms with van der Waals surface area (Å²) in [4.78, 5) is 1.44. The summed E-state index contributed by atoms with van der Waals surface area (Å²) in [7, 11) is 0. The average molecular weight is 375 g/mol. The number of phenols is 1. The minimum atomic E-state index is 0. The molecule has 3 aromatic rings. The maximum atomic E-state index is 9.69. The van der Waals surface area contributed by atoms with E-state index in [1.165, 1.54) is 4.80 Å². The van der Waals surface area contributed by atoms with Gasteiger partial charge in [0.2, 0.25) is 0 Å². The molecule has 0 aliphatic carbocycles. The number of hydrogen-bond donors (Lipinski definition) is 1. The summed E-state index contributed by atoms with van der Waals surface area (Å²) in [5.74, 6) is 0.169. The molecule has 0 bridgehead atoms. The van der Waals surface area contributed by atoms with E-state index in [4.69, 9.17) is 0 Å². The molecule has 3 rings (SSSR count). The van der Waals surface area contributed by atoms with Gasteiger partial charge in [-0.25, -0.2) is 0 Å². The van der Waals surface area contributed by atoms with Gasteiger partial charge >= 0.3 is 0 Å². The van der Waals surface area contributed by atoms with Crippen molar-refractivity contribution < 1.29 is 37.8 Å². The molecule has 1 N–H and O–H groups in total. The third-order valence-electron chi connectivity index (χ3n) is 2.38. The largest absolute Gasteiger partial charge is 0.506 e. The van der Waals surface area contributed by atoms with Gasteiger partial charge in [0, 0.05) is 32.7 Å². The molecule has 117 valence electrons. The van der Waals surface area contributed by atoms with Gasteiger partial charge in [0.1, 0.15) is 22.5 Å². The Morgan fingerprint density at radius 3 is 1.64 bits per heavy atom. The summed E-state index contributed by atoms with van der Waals surface area (Å²) in [5.41, 5.74) is 2.20. The van der Waals surface area contributed by atoms with Gasteiger partial charge < -0.3 is 12.5 Å². The summed E-state index contributed by atoms with van der Waals surface area (Å²) in [6.07, 6.45) is 0. The Bertz CT molecular complexity index is 620. The van der Waals surface area contributed by atoms with E-state index in [0.29, 0.717) is 5.69 Å². The van der Waals surface area contributed by atoms with Crippen molar-refractivity contribution in [1.82, 2.24) is 15.0 Å². The van der Waals surface area contributed by atoms with Crippen LogP contribution in [0, 0.1) is 7.43 Å². The third-order valence-corrected chi connectivity index (χ3v) is 2.38. The monoisotopic (exact) mass is 375 g/mol. The molecule has 0 fully saturated rings. The molecule has 0 unspecified atom stereocenters. The van der Waals surface area contributed by atoms with Gasteiger partial charge in [-0.3, -0.25) is 0 Å². The molecule has 1 heterocycles. The summed E-state index contributed by atoms with van der Waals surface area (Å²) in [5, 5.41) is 18.3. The fraction of sp³-hybridized carbons (Fsp3) is 0.235. The number of fused-ring (bicyclic) bond motifs is 1. The quantitative estimate of drug-likeness (QED) is 0.631. The first-order valence-electron chi connectivity index (χ1n) is 6.95. The number of aromatic hydroxyl groups is 1. The summed E-state index contributed by atoms with van der Waals surface area (Å²) >= 11 is 0. The second-order valence-electron chi connectivity index (χ2n) is 3.47. The Morgan fingerprint density at radius 1 is 0.773 bits per heavy atom. The van der Waals surface area contributed by atoms with Gasteiger partial charge in [0.15, 0.2) is 0 Å². The number of para-hydroxylation sites is 2. The predicted octanol–water partition coefficient (Wildman–Crippen LogP) is 4.63. The minimum Gasteiger partial charge on any atom is -0.506 e. The molecule has 0 spiro atoms. The van der Waals surface area contributed by atoms with Gasteiger partial charge in [-0.15, -0.1) is 15.0 Å². The smallest absolute Gasteiger partial charge is 0.143 e. The molecular weight excluding hydrogens is 351 g/mol. The summed E-state index contributed by atoms with van der Waals surface area (Å²) in [6, 6.07) is 14.6. The standard InChI is InChI=1S/C12H9N3O.2C2H6.CH3.Y/c16-12-8-4-3-7-11(12)15-13-9-5-1-2-6-10(9)14-15;2*1-2;;/h1-8,16H;2*1-2H3;1H3;/q;;;-1;. The van der Waals surface area contributed by atoms with E-state index in [1.807, 2.05) is 58.0 Å². The molecule has 1 aromatic heterocycles. The van der Waals surface area contributed by atoms with Crippen molar-refractivity contribution in [1.29, 1.82) is 0 Å². The van der Waals surface area contributed by atoms with E-state index < -0.39 is 0 Å². The molecule has 4 nitrogen and oxygen atoms in total. The number of nitrogens with zero attached hydrogens (tertiary/aromatic N) is 3. The van der Waals surface area contributed by atoms with E-state index in [0.717, 1.165) is 11.0 Å². The zero-order chi connectivity index (χ0) is 15.0. The first kappa shape index (κ1) is 23.0. The molecule has 22 heavy (non-hydrogen) atoms. The predicted molar refractivity (Wildman–Crippen MR) is 89.6 cm³/mol. The first-order chi connectivity index (χ1) is 9.84. The van der Waals surface area contributed by atoms with Crippen molar-refractivity contribution in [3.05, 3.63) is 56.0 Å². The Morgan fingerprint density at radius 2 is 1.18 bits per heavy atom. The molecule has 2 aromatic carbocycles. The maximum absolute atomic E-state index is 9.69. The van der Waals surface area contributed by atoms with Crippen molar-refractivity contribution in [3.8, 4) is 11.4 Å². The van der Waals surface area contributed by atoms with E-state index in [-0.39, 0.29) is 45.9 Å². The zero-order valence-corrected chi connectivity index (χ0v) is 16.8. The molecule has 0 aliphatic rings. The minimum absolute atomic E-state index is 0. The second-order valence-corrected chi connectivity index (χ2v) is 3.47. The van der Waals surface area contributed by atoms with Crippen LogP contribution in [0.5, 0.6) is 5.75 Å². The van der Waals surface area contributed by atoms with Crippen LogP contribution in [0.3, 0.4) is 0 Å². The van der Waals surface area contributed by atoms with Crippen LogP contribution in [0.4, 0.5) is 0 Å². The first-order valence-corrected chi connectivity index (χ1v) is 6.95. The van der Waals surface area contributed by atoms with Crippen LogP contribution in [-0.4, -0.2) is 20.1 Å². The van der Waals surface area contributed by atoms with Crippen LogP contribution < -0.4 is 0 Å². The number of rotatable bonds is 1. The topological polar surface area (TPSA) is 50.9 Å².